The summed E-state index contributed by atoms with van der Waals surface area (Å²) in [6.45, 7) is 14.3. The third-order valence-electron chi connectivity index (χ3n) is 20.5. The second-order valence-corrected chi connectivity index (χ2v) is 34.9. The van der Waals surface area contributed by atoms with Gasteiger partial charge in [-0.25, -0.2) is 9.13 Å². The van der Waals surface area contributed by atoms with E-state index in [4.69, 9.17) is 37.0 Å². The van der Waals surface area contributed by atoms with Crippen LogP contribution in [-0.4, -0.2) is 96.7 Å². The van der Waals surface area contributed by atoms with Crippen molar-refractivity contribution in [3.05, 3.63) is 0 Å². The Morgan fingerprint density at radius 3 is 0.683 bits per heavy atom. The molecule has 0 radical (unpaired) electrons. The number of aliphatic hydroxyl groups is 1. The van der Waals surface area contributed by atoms with Gasteiger partial charge in [0.1, 0.15) is 19.3 Å². The van der Waals surface area contributed by atoms with Crippen molar-refractivity contribution in [1.29, 1.82) is 0 Å². The number of hydrogen-bond donors (Lipinski definition) is 3. The Labute approximate surface area is 638 Å². The molecule has 0 fully saturated rings. The molecule has 7 atom stereocenters. The summed E-state index contributed by atoms with van der Waals surface area (Å²) in [4.78, 5) is 73.1. The average molecular weight is 1520 g/mol. The molecule has 0 aromatic carbocycles. The third kappa shape index (κ3) is 75.5. The summed E-state index contributed by atoms with van der Waals surface area (Å²) in [5, 5.41) is 10.7. The van der Waals surface area contributed by atoms with Crippen molar-refractivity contribution < 1.29 is 80.2 Å². The summed E-state index contributed by atoms with van der Waals surface area (Å²) in [7, 11) is -9.93. The summed E-state index contributed by atoms with van der Waals surface area (Å²) in [6, 6.07) is 0. The number of esters is 4. The molecule has 0 spiro atoms. The van der Waals surface area contributed by atoms with E-state index in [0.29, 0.717) is 25.7 Å². The molecule has 0 rings (SSSR count). The van der Waals surface area contributed by atoms with Crippen LogP contribution >= 0.6 is 15.6 Å². The van der Waals surface area contributed by atoms with Gasteiger partial charge in [-0.3, -0.25) is 37.3 Å². The quantitative estimate of drug-likeness (QED) is 0.0222. The summed E-state index contributed by atoms with van der Waals surface area (Å²) in [5.41, 5.74) is 0. The first-order valence-corrected chi connectivity index (χ1v) is 46.8. The minimum Gasteiger partial charge on any atom is -0.462 e. The molecular formula is C85H166O17P2. The van der Waals surface area contributed by atoms with Crippen LogP contribution in [0.4, 0.5) is 0 Å². The molecule has 0 saturated carbocycles. The first kappa shape index (κ1) is 102. The van der Waals surface area contributed by atoms with Gasteiger partial charge in [0.2, 0.25) is 0 Å². The van der Waals surface area contributed by atoms with Gasteiger partial charge in [0.15, 0.2) is 12.2 Å². The molecular weight excluding hydrogens is 1350 g/mol. The average Bonchev–Trinajstić information content (AvgIpc) is 0.954. The van der Waals surface area contributed by atoms with Gasteiger partial charge in [0, 0.05) is 25.7 Å². The summed E-state index contributed by atoms with van der Waals surface area (Å²) in [5.74, 6) is 1.06. The Balaban J connectivity index is 5.20. The number of rotatable bonds is 82. The van der Waals surface area contributed by atoms with E-state index in [9.17, 15) is 43.2 Å². The van der Waals surface area contributed by atoms with Crippen LogP contribution in [0.5, 0.6) is 0 Å². The van der Waals surface area contributed by atoms with Crippen LogP contribution in [0.2, 0.25) is 0 Å². The van der Waals surface area contributed by atoms with Gasteiger partial charge in [-0.05, 0) is 49.4 Å². The van der Waals surface area contributed by atoms with Gasteiger partial charge < -0.3 is 33.8 Å². The monoisotopic (exact) mass is 1520 g/mol. The molecule has 0 aliphatic rings. The molecule has 0 bridgehead atoms. The fourth-order valence-corrected chi connectivity index (χ4v) is 14.7. The number of phosphoric ester groups is 2. The predicted molar refractivity (Wildman–Crippen MR) is 428 cm³/mol. The lowest BCUT2D eigenvalue weighted by molar-refractivity contribution is -0.161. The first-order valence-electron chi connectivity index (χ1n) is 43.8. The van der Waals surface area contributed by atoms with Crippen LogP contribution in [0.1, 0.15) is 441 Å². The van der Waals surface area contributed by atoms with Crippen LogP contribution in [0.15, 0.2) is 0 Å². The summed E-state index contributed by atoms with van der Waals surface area (Å²) < 4.78 is 68.8. The van der Waals surface area contributed by atoms with Crippen LogP contribution in [0, 0.1) is 23.7 Å². The summed E-state index contributed by atoms with van der Waals surface area (Å²) >= 11 is 0. The van der Waals surface area contributed by atoms with E-state index in [2.05, 4.69) is 55.4 Å². The Bertz CT molecular complexity index is 2030. The molecule has 17 nitrogen and oxygen atoms in total. The van der Waals surface area contributed by atoms with E-state index in [-0.39, 0.29) is 25.7 Å². The highest BCUT2D eigenvalue weighted by Crippen LogP contribution is 2.45. The van der Waals surface area contributed by atoms with Crippen molar-refractivity contribution in [2.45, 2.75) is 459 Å². The highest BCUT2D eigenvalue weighted by molar-refractivity contribution is 7.47. The molecule has 0 aliphatic carbocycles. The number of ether oxygens (including phenoxy) is 4. The minimum atomic E-state index is -4.96. The maximum Gasteiger partial charge on any atom is 0.472 e. The van der Waals surface area contributed by atoms with Crippen molar-refractivity contribution in [2.24, 2.45) is 23.7 Å². The fourth-order valence-electron chi connectivity index (χ4n) is 13.1. The molecule has 0 amide bonds. The van der Waals surface area contributed by atoms with Gasteiger partial charge in [0.05, 0.1) is 26.4 Å². The molecule has 618 valence electrons. The maximum absolute atomic E-state index is 13.1. The van der Waals surface area contributed by atoms with Crippen molar-refractivity contribution in [1.82, 2.24) is 0 Å². The largest absolute Gasteiger partial charge is 0.472 e. The Kier molecular flexibility index (Phi) is 72.5. The highest BCUT2D eigenvalue weighted by Gasteiger charge is 2.30. The van der Waals surface area contributed by atoms with Crippen LogP contribution in [0.25, 0.3) is 0 Å². The molecule has 0 aromatic rings. The van der Waals surface area contributed by atoms with E-state index < -0.39 is 97.5 Å². The molecule has 104 heavy (non-hydrogen) atoms. The number of hydrogen-bond acceptors (Lipinski definition) is 15. The number of phosphoric acid groups is 2. The Morgan fingerprint density at radius 2 is 0.462 bits per heavy atom. The first-order chi connectivity index (χ1) is 50.2. The third-order valence-corrected chi connectivity index (χ3v) is 22.4. The molecule has 0 saturated heterocycles. The zero-order valence-corrected chi connectivity index (χ0v) is 70.5. The van der Waals surface area contributed by atoms with Gasteiger partial charge in [0.25, 0.3) is 0 Å². The number of carbonyl (C=O) groups is 4. The van der Waals surface area contributed by atoms with Crippen LogP contribution < -0.4 is 0 Å². The normalized spacial score (nSPS) is 14.5. The lowest BCUT2D eigenvalue weighted by atomic mass is 9.99. The Hall–Kier alpha value is -1.94. The van der Waals surface area contributed by atoms with E-state index in [1.54, 1.807) is 0 Å². The van der Waals surface area contributed by atoms with Crippen LogP contribution in [0.3, 0.4) is 0 Å². The van der Waals surface area contributed by atoms with E-state index >= 15 is 0 Å². The number of unbranched alkanes of at least 4 members (excludes halogenated alkanes) is 46. The smallest absolute Gasteiger partial charge is 0.462 e. The summed E-state index contributed by atoms with van der Waals surface area (Å²) in [6.07, 6.45) is 62.5. The Morgan fingerprint density at radius 1 is 0.269 bits per heavy atom. The molecule has 0 aliphatic heterocycles. The van der Waals surface area contributed by atoms with Gasteiger partial charge >= 0.3 is 39.5 Å². The molecule has 0 aromatic heterocycles. The SMILES string of the molecule is CCC(C)CCCCCCCCCCCCCCCCCCCCC(=O)O[C@H](COC(=O)CCCCCCCCCCCCC(C)C)COP(=O)(O)OC[C@@H](O)COP(=O)(O)OC[C@@H](COC(=O)CCCCCCCCC(C)CC)OC(=O)CCCCCCCCCCCCCCCCCCC(C)C. The van der Waals surface area contributed by atoms with Gasteiger partial charge in [-0.2, -0.15) is 0 Å². The topological polar surface area (TPSA) is 237 Å². The van der Waals surface area contributed by atoms with Crippen molar-refractivity contribution >= 4 is 39.5 Å². The van der Waals surface area contributed by atoms with Crippen LogP contribution in [-0.2, 0) is 65.4 Å². The van der Waals surface area contributed by atoms with E-state index in [0.717, 1.165) is 120 Å². The lowest BCUT2D eigenvalue weighted by Gasteiger charge is -2.21. The second-order valence-electron chi connectivity index (χ2n) is 32.0. The van der Waals surface area contributed by atoms with Gasteiger partial charge in [-0.15, -0.1) is 0 Å². The minimum absolute atomic E-state index is 0.107. The second kappa shape index (κ2) is 73.8. The number of aliphatic hydroxyl groups excluding tert-OH is 1. The highest BCUT2D eigenvalue weighted by atomic mass is 31.2. The van der Waals surface area contributed by atoms with E-state index in [1.807, 2.05) is 0 Å². The predicted octanol–water partition coefficient (Wildman–Crippen LogP) is 25.6. The zero-order valence-electron chi connectivity index (χ0n) is 68.7. The molecule has 3 N–H and O–H groups in total. The fraction of sp³-hybridized carbons (Fsp3) is 0.953. The standard InChI is InChI=1S/C85H166O17P2/c1-9-77(7)63-55-47-39-33-26-22-18-13-11-12-14-19-23-27-35-41-51-59-67-84(89)101-80(71-95-82(87)65-57-49-40-34-30-29-32-38-46-54-62-76(5)6)73-99-103(91,92)97-69-79(86)70-98-104(93,94)100-74-81(72-96-83(88)66-58-50-44-43-48-56-64-78(8)10-2)102-85(90)68-60-52-42-36-28-24-20-16-15-17-21-25-31-37-45-53-61-75(3)4/h75-81,86H,9-74H2,1-8H3,(H,91,92)(H,93,94)/t77?,78?,79-,80-,81-/m1/s1. The molecule has 4 unspecified atom stereocenters. The van der Waals surface area contributed by atoms with Gasteiger partial charge in [-0.1, -0.05) is 389 Å². The van der Waals surface area contributed by atoms with Crippen molar-refractivity contribution in [3.8, 4) is 0 Å². The van der Waals surface area contributed by atoms with E-state index in [1.165, 1.54) is 238 Å². The lowest BCUT2D eigenvalue weighted by Crippen LogP contribution is -2.30. The number of carbonyl (C=O) groups excluding carboxylic acids is 4. The van der Waals surface area contributed by atoms with Crippen molar-refractivity contribution in [3.63, 3.8) is 0 Å². The zero-order chi connectivity index (χ0) is 76.7. The maximum atomic E-state index is 13.1. The molecule has 19 heteroatoms. The van der Waals surface area contributed by atoms with Crippen molar-refractivity contribution in [2.75, 3.05) is 39.6 Å². The molecule has 0 heterocycles.